The fourth-order valence-electron chi connectivity index (χ4n) is 2.65. The molecule has 1 rings (SSSR count). The van der Waals surface area contributed by atoms with Crippen molar-refractivity contribution in [3.63, 3.8) is 0 Å². The average molecular weight is 450 g/mol. The maximum atomic E-state index is 12.2. The van der Waals surface area contributed by atoms with E-state index >= 15 is 0 Å². The fraction of sp³-hybridized carbons (Fsp3) is 0.667. The maximum Gasteiger partial charge on any atom is 0.407 e. The zero-order valence-corrected chi connectivity index (χ0v) is 18.7. The van der Waals surface area contributed by atoms with Crippen LogP contribution >= 0.6 is 11.3 Å². The molecule has 0 spiro atoms. The normalized spacial score (nSPS) is 13.7. The number of ether oxygens (including phenoxy) is 1. The molecule has 2 amide bonds. The number of carbonyl (C=O) groups excluding carboxylic acids is 1. The minimum Gasteiger partial charge on any atom is -0.465 e. The van der Waals surface area contributed by atoms with Crippen LogP contribution in [0.1, 0.15) is 44.9 Å². The van der Waals surface area contributed by atoms with Crippen molar-refractivity contribution < 1.29 is 28.2 Å². The van der Waals surface area contributed by atoms with E-state index < -0.39 is 28.9 Å². The molecular formula is C18H31N3O6S2. The number of thiophene rings is 1. The highest BCUT2D eigenvalue weighted by molar-refractivity contribution is 7.79. The van der Waals surface area contributed by atoms with E-state index in [4.69, 9.17) is 9.84 Å². The molecule has 0 aliphatic rings. The molecule has 1 heterocycles. The van der Waals surface area contributed by atoms with E-state index in [2.05, 4.69) is 10.6 Å². The maximum absolute atomic E-state index is 12.2. The quantitative estimate of drug-likeness (QED) is 0.285. The van der Waals surface area contributed by atoms with Gasteiger partial charge in [0.2, 0.25) is 0 Å². The summed E-state index contributed by atoms with van der Waals surface area (Å²) >= 11 is -0.449. The van der Waals surface area contributed by atoms with E-state index in [1.165, 1.54) is 0 Å². The van der Waals surface area contributed by atoms with Crippen molar-refractivity contribution in [3.05, 3.63) is 22.4 Å². The summed E-state index contributed by atoms with van der Waals surface area (Å²) in [4.78, 5) is 25.6. The van der Waals surface area contributed by atoms with Gasteiger partial charge in [0, 0.05) is 30.6 Å². The van der Waals surface area contributed by atoms with Gasteiger partial charge >= 0.3 is 12.2 Å². The van der Waals surface area contributed by atoms with Crippen LogP contribution < -0.4 is 10.6 Å². The Labute approximate surface area is 178 Å². The summed E-state index contributed by atoms with van der Waals surface area (Å²) in [7, 11) is 0. The van der Waals surface area contributed by atoms with Crippen LogP contribution in [0.15, 0.2) is 17.5 Å². The first kappa shape index (κ1) is 25.3. The van der Waals surface area contributed by atoms with Gasteiger partial charge in [0.05, 0.1) is 0 Å². The summed E-state index contributed by atoms with van der Waals surface area (Å²) in [6.07, 6.45) is 0.263. The van der Waals surface area contributed by atoms with Crippen LogP contribution in [-0.4, -0.2) is 61.6 Å². The van der Waals surface area contributed by atoms with Gasteiger partial charge in [-0.15, -0.1) is 11.3 Å². The van der Waals surface area contributed by atoms with Gasteiger partial charge in [-0.25, -0.2) is 13.8 Å². The number of nitrogens with zero attached hydrogens (tertiary/aromatic N) is 1. The summed E-state index contributed by atoms with van der Waals surface area (Å²) in [5, 5.41) is 15.7. The third-order valence-electron chi connectivity index (χ3n) is 3.71. The molecule has 2 atom stereocenters. The molecule has 0 bridgehead atoms. The van der Waals surface area contributed by atoms with Crippen LogP contribution in [0.3, 0.4) is 0 Å². The number of rotatable bonds is 12. The highest BCUT2D eigenvalue weighted by atomic mass is 32.2. The van der Waals surface area contributed by atoms with E-state index in [1.54, 1.807) is 32.1 Å². The van der Waals surface area contributed by atoms with Gasteiger partial charge in [-0.2, -0.15) is 0 Å². The molecule has 29 heavy (non-hydrogen) atoms. The molecule has 0 saturated carbocycles. The number of carboxylic acid groups (broad SMARTS) is 1. The molecule has 1 unspecified atom stereocenters. The van der Waals surface area contributed by atoms with Crippen molar-refractivity contribution in [2.75, 3.05) is 19.0 Å². The Balaban J connectivity index is 2.72. The molecule has 9 nitrogen and oxygen atoms in total. The van der Waals surface area contributed by atoms with Crippen LogP contribution in [0.25, 0.3) is 0 Å². The number of nitrogens with one attached hydrogen (secondary N) is 2. The number of amides is 2. The van der Waals surface area contributed by atoms with Crippen molar-refractivity contribution in [2.24, 2.45) is 0 Å². The standard InChI is InChI=1S/C18H31N3O6S2/c1-18(2,3)27-17(24)20-14(7-4-5-9-19-16(22)23)11-21(13-29(25)26)12-15-8-6-10-28-15/h6,8,10,14,19H,4-5,7,9,11-13H2,1-3H3,(H,20,24)(H,22,23)(H,25,26)/t14-/m0/s1. The zero-order chi connectivity index (χ0) is 21.9. The van der Waals surface area contributed by atoms with E-state index in [0.29, 0.717) is 38.9 Å². The van der Waals surface area contributed by atoms with E-state index in [-0.39, 0.29) is 11.9 Å². The van der Waals surface area contributed by atoms with Crippen LogP contribution in [0, 0.1) is 0 Å². The topological polar surface area (TPSA) is 128 Å². The first-order chi connectivity index (χ1) is 13.5. The fourth-order valence-corrected chi connectivity index (χ4v) is 3.90. The molecule has 0 aliphatic heterocycles. The van der Waals surface area contributed by atoms with Gasteiger partial charge in [0.15, 0.2) is 11.1 Å². The molecule has 166 valence electrons. The van der Waals surface area contributed by atoms with Crippen LogP contribution in [-0.2, 0) is 22.4 Å². The van der Waals surface area contributed by atoms with Crippen molar-refractivity contribution in [2.45, 2.75) is 58.2 Å². The lowest BCUT2D eigenvalue weighted by Gasteiger charge is -2.28. The van der Waals surface area contributed by atoms with Gasteiger partial charge in [-0.3, -0.25) is 4.90 Å². The van der Waals surface area contributed by atoms with Gasteiger partial charge in [-0.05, 0) is 51.5 Å². The first-order valence-corrected chi connectivity index (χ1v) is 11.5. The van der Waals surface area contributed by atoms with Crippen LogP contribution in [0.4, 0.5) is 9.59 Å². The Morgan fingerprint density at radius 3 is 2.62 bits per heavy atom. The Hall–Kier alpha value is -1.69. The average Bonchev–Trinajstić information content (AvgIpc) is 3.04. The first-order valence-electron chi connectivity index (χ1n) is 9.33. The molecule has 11 heteroatoms. The van der Waals surface area contributed by atoms with Crippen molar-refractivity contribution >= 4 is 34.6 Å². The minimum absolute atomic E-state index is 0.0367. The largest absolute Gasteiger partial charge is 0.465 e. The number of hydrogen-bond donors (Lipinski definition) is 4. The lowest BCUT2D eigenvalue weighted by atomic mass is 10.1. The summed E-state index contributed by atoms with van der Waals surface area (Å²) in [6, 6.07) is 3.56. The SMILES string of the molecule is CC(C)(C)OC(=O)N[C@@H](CCCCNC(=O)O)CN(Cc1cccs1)CS(=O)O. The molecule has 1 aromatic heterocycles. The molecule has 0 aromatic carbocycles. The monoisotopic (exact) mass is 449 g/mol. The minimum atomic E-state index is -2.00. The summed E-state index contributed by atoms with van der Waals surface area (Å²) in [5.41, 5.74) is -0.636. The lowest BCUT2D eigenvalue weighted by Crippen LogP contribution is -2.46. The van der Waals surface area contributed by atoms with Gasteiger partial charge in [-0.1, -0.05) is 6.07 Å². The van der Waals surface area contributed by atoms with E-state index in [9.17, 15) is 18.4 Å². The number of hydrogen-bond acceptors (Lipinski definition) is 6. The molecule has 0 radical (unpaired) electrons. The number of unbranched alkanes of at least 4 members (excludes halogenated alkanes) is 1. The summed E-state index contributed by atoms with van der Waals surface area (Å²) in [6.45, 7) is 6.52. The summed E-state index contributed by atoms with van der Waals surface area (Å²) in [5.74, 6) is -0.0367. The molecular weight excluding hydrogens is 418 g/mol. The molecule has 0 saturated heterocycles. The van der Waals surface area contributed by atoms with Crippen LogP contribution in [0.5, 0.6) is 0 Å². The third kappa shape index (κ3) is 13.2. The number of carbonyl (C=O) groups is 2. The lowest BCUT2D eigenvalue weighted by molar-refractivity contribution is 0.0489. The Morgan fingerprint density at radius 1 is 1.34 bits per heavy atom. The van der Waals surface area contributed by atoms with Gasteiger partial charge in [0.1, 0.15) is 11.5 Å². The van der Waals surface area contributed by atoms with Crippen molar-refractivity contribution in [1.29, 1.82) is 0 Å². The Bertz CT molecular complexity index is 649. The van der Waals surface area contributed by atoms with Crippen molar-refractivity contribution in [3.8, 4) is 0 Å². The van der Waals surface area contributed by atoms with Gasteiger partial charge < -0.3 is 25.0 Å². The molecule has 0 fully saturated rings. The second kappa shape index (κ2) is 12.8. The Kier molecular flexibility index (Phi) is 11.2. The van der Waals surface area contributed by atoms with E-state index in [0.717, 1.165) is 4.88 Å². The highest BCUT2D eigenvalue weighted by Gasteiger charge is 2.22. The molecule has 4 N–H and O–H groups in total. The smallest absolute Gasteiger partial charge is 0.407 e. The molecule has 1 aromatic rings. The second-order valence-corrected chi connectivity index (χ2v) is 9.55. The highest BCUT2D eigenvalue weighted by Crippen LogP contribution is 2.14. The number of alkyl carbamates (subject to hydrolysis) is 1. The summed E-state index contributed by atoms with van der Waals surface area (Å²) < 4.78 is 26.1. The Morgan fingerprint density at radius 2 is 2.07 bits per heavy atom. The zero-order valence-electron chi connectivity index (χ0n) is 17.1. The molecule has 0 aliphatic carbocycles. The predicted octanol–water partition coefficient (Wildman–Crippen LogP) is 3.06. The third-order valence-corrected chi connectivity index (χ3v) is 5.15. The van der Waals surface area contributed by atoms with Gasteiger partial charge in [0.25, 0.3) is 0 Å². The predicted molar refractivity (Wildman–Crippen MR) is 113 cm³/mol. The van der Waals surface area contributed by atoms with Crippen molar-refractivity contribution in [1.82, 2.24) is 15.5 Å². The van der Waals surface area contributed by atoms with E-state index in [1.807, 2.05) is 22.4 Å². The van der Waals surface area contributed by atoms with Crippen LogP contribution in [0.2, 0.25) is 0 Å². The second-order valence-electron chi connectivity index (χ2n) is 7.61.